The molecule has 3 N–H and O–H groups in total. The molecule has 19 heavy (non-hydrogen) atoms. The van der Waals surface area contributed by atoms with Crippen molar-refractivity contribution in [3.05, 3.63) is 29.8 Å². The third-order valence-electron chi connectivity index (χ3n) is 2.97. The molecule has 1 rings (SSSR count). The quantitative estimate of drug-likeness (QED) is 0.779. The second-order valence-electron chi connectivity index (χ2n) is 4.79. The predicted octanol–water partition coefficient (Wildman–Crippen LogP) is 2.21. The van der Waals surface area contributed by atoms with E-state index in [1.165, 1.54) is 0 Å². The lowest BCUT2D eigenvalue weighted by molar-refractivity contribution is 0.0963. The summed E-state index contributed by atoms with van der Waals surface area (Å²) in [6.45, 7) is 6.03. The highest BCUT2D eigenvalue weighted by Crippen LogP contribution is 2.10. The summed E-state index contributed by atoms with van der Waals surface area (Å²) in [6.07, 6.45) is 0. The van der Waals surface area contributed by atoms with Gasteiger partial charge in [-0.2, -0.15) is 0 Å². The van der Waals surface area contributed by atoms with E-state index in [2.05, 4.69) is 16.0 Å². The Morgan fingerprint density at radius 1 is 1.16 bits per heavy atom. The molecule has 0 aromatic heterocycles. The van der Waals surface area contributed by atoms with Crippen LogP contribution in [-0.4, -0.2) is 25.0 Å². The van der Waals surface area contributed by atoms with Crippen LogP contribution in [0, 0.1) is 5.92 Å². The lowest BCUT2D eigenvalue weighted by Crippen LogP contribution is -2.39. The van der Waals surface area contributed by atoms with Crippen molar-refractivity contribution < 1.29 is 9.59 Å². The van der Waals surface area contributed by atoms with Gasteiger partial charge in [-0.25, -0.2) is 4.79 Å². The SMILES string of the molecule is CNC(=O)c1cccc(NC(=O)N[C@H](C)C(C)C)c1. The number of rotatable bonds is 4. The van der Waals surface area contributed by atoms with Gasteiger partial charge < -0.3 is 16.0 Å². The summed E-state index contributed by atoms with van der Waals surface area (Å²) in [4.78, 5) is 23.2. The molecule has 5 heteroatoms. The van der Waals surface area contributed by atoms with Crippen molar-refractivity contribution in [2.45, 2.75) is 26.8 Å². The van der Waals surface area contributed by atoms with E-state index in [0.29, 0.717) is 17.2 Å². The van der Waals surface area contributed by atoms with Crippen LogP contribution in [0.1, 0.15) is 31.1 Å². The number of anilines is 1. The Morgan fingerprint density at radius 2 is 1.84 bits per heavy atom. The Balaban J connectivity index is 2.67. The molecule has 0 spiro atoms. The fourth-order valence-electron chi connectivity index (χ4n) is 1.42. The summed E-state index contributed by atoms with van der Waals surface area (Å²) < 4.78 is 0. The average Bonchev–Trinajstić information content (AvgIpc) is 2.37. The van der Waals surface area contributed by atoms with Crippen LogP contribution in [0.2, 0.25) is 0 Å². The van der Waals surface area contributed by atoms with Gasteiger partial charge in [-0.15, -0.1) is 0 Å². The normalized spacial score (nSPS) is 11.8. The average molecular weight is 263 g/mol. The van der Waals surface area contributed by atoms with Crippen molar-refractivity contribution in [3.8, 4) is 0 Å². The summed E-state index contributed by atoms with van der Waals surface area (Å²) in [5.74, 6) is 0.183. The van der Waals surface area contributed by atoms with Crippen molar-refractivity contribution in [2.75, 3.05) is 12.4 Å². The highest BCUT2D eigenvalue weighted by molar-refractivity contribution is 5.96. The monoisotopic (exact) mass is 263 g/mol. The van der Waals surface area contributed by atoms with Crippen LogP contribution < -0.4 is 16.0 Å². The Kier molecular flexibility index (Phi) is 5.36. The smallest absolute Gasteiger partial charge is 0.319 e. The Labute approximate surface area is 113 Å². The molecule has 1 aromatic carbocycles. The minimum absolute atomic E-state index is 0.0853. The van der Waals surface area contributed by atoms with E-state index in [4.69, 9.17) is 0 Å². The zero-order chi connectivity index (χ0) is 14.4. The number of nitrogens with one attached hydrogen (secondary N) is 3. The standard InChI is InChI=1S/C14H21N3O2/c1-9(2)10(3)16-14(19)17-12-7-5-6-11(8-12)13(18)15-4/h5-10H,1-4H3,(H,15,18)(H2,16,17,19)/t10-/m1/s1. The predicted molar refractivity (Wildman–Crippen MR) is 76.3 cm³/mol. The second-order valence-corrected chi connectivity index (χ2v) is 4.79. The zero-order valence-corrected chi connectivity index (χ0v) is 11.8. The summed E-state index contributed by atoms with van der Waals surface area (Å²) in [7, 11) is 1.57. The van der Waals surface area contributed by atoms with E-state index in [-0.39, 0.29) is 18.0 Å². The van der Waals surface area contributed by atoms with Crippen LogP contribution in [0.5, 0.6) is 0 Å². The largest absolute Gasteiger partial charge is 0.355 e. The van der Waals surface area contributed by atoms with Gasteiger partial charge in [0.25, 0.3) is 5.91 Å². The Hall–Kier alpha value is -2.04. The molecule has 0 saturated carbocycles. The Morgan fingerprint density at radius 3 is 2.42 bits per heavy atom. The number of hydrogen-bond donors (Lipinski definition) is 3. The van der Waals surface area contributed by atoms with Gasteiger partial charge in [0.05, 0.1) is 0 Å². The number of urea groups is 1. The zero-order valence-electron chi connectivity index (χ0n) is 11.8. The minimum atomic E-state index is -0.268. The molecule has 0 unspecified atom stereocenters. The molecular weight excluding hydrogens is 242 g/mol. The number of carbonyl (C=O) groups excluding carboxylic acids is 2. The Bertz CT molecular complexity index is 458. The number of benzene rings is 1. The molecule has 0 bridgehead atoms. The first-order valence-corrected chi connectivity index (χ1v) is 6.33. The van der Waals surface area contributed by atoms with Crippen molar-refractivity contribution in [1.29, 1.82) is 0 Å². The van der Waals surface area contributed by atoms with Gasteiger partial charge in [0, 0.05) is 24.3 Å². The fourth-order valence-corrected chi connectivity index (χ4v) is 1.42. The second kappa shape index (κ2) is 6.78. The maximum absolute atomic E-state index is 11.8. The lowest BCUT2D eigenvalue weighted by Gasteiger charge is -2.18. The van der Waals surface area contributed by atoms with Gasteiger partial charge in [-0.1, -0.05) is 19.9 Å². The van der Waals surface area contributed by atoms with Crippen LogP contribution in [0.15, 0.2) is 24.3 Å². The molecule has 3 amide bonds. The maximum atomic E-state index is 11.8. The van der Waals surface area contributed by atoms with Crippen molar-refractivity contribution >= 4 is 17.6 Å². The van der Waals surface area contributed by atoms with E-state index in [1.54, 1.807) is 31.3 Å². The molecule has 5 nitrogen and oxygen atoms in total. The third kappa shape index (κ3) is 4.62. The summed E-state index contributed by atoms with van der Waals surface area (Å²) in [6, 6.07) is 6.62. The van der Waals surface area contributed by atoms with Crippen LogP contribution in [0.4, 0.5) is 10.5 Å². The molecule has 0 radical (unpaired) electrons. The first kappa shape index (κ1) is 15.0. The van der Waals surface area contributed by atoms with Crippen LogP contribution in [0.3, 0.4) is 0 Å². The van der Waals surface area contributed by atoms with Gasteiger partial charge in [0.15, 0.2) is 0 Å². The minimum Gasteiger partial charge on any atom is -0.355 e. The van der Waals surface area contributed by atoms with Gasteiger partial charge in [-0.05, 0) is 31.0 Å². The van der Waals surface area contributed by atoms with Crippen LogP contribution in [-0.2, 0) is 0 Å². The third-order valence-corrected chi connectivity index (χ3v) is 2.97. The molecule has 0 aliphatic heterocycles. The van der Waals surface area contributed by atoms with Crippen molar-refractivity contribution in [2.24, 2.45) is 5.92 Å². The maximum Gasteiger partial charge on any atom is 0.319 e. The molecule has 0 fully saturated rings. The number of hydrogen-bond acceptors (Lipinski definition) is 2. The number of amides is 3. The number of carbonyl (C=O) groups is 2. The van der Waals surface area contributed by atoms with E-state index in [0.717, 1.165) is 0 Å². The highest BCUT2D eigenvalue weighted by Gasteiger charge is 2.11. The topological polar surface area (TPSA) is 70.2 Å². The van der Waals surface area contributed by atoms with Gasteiger partial charge in [0.1, 0.15) is 0 Å². The highest BCUT2D eigenvalue weighted by atomic mass is 16.2. The fraction of sp³-hybridized carbons (Fsp3) is 0.429. The first-order chi connectivity index (χ1) is 8.93. The molecule has 1 aromatic rings. The first-order valence-electron chi connectivity index (χ1n) is 6.33. The summed E-state index contributed by atoms with van der Waals surface area (Å²) in [5, 5.41) is 8.10. The molecule has 1 atom stereocenters. The van der Waals surface area contributed by atoms with Gasteiger partial charge >= 0.3 is 6.03 Å². The summed E-state index contributed by atoms with van der Waals surface area (Å²) in [5.41, 5.74) is 1.10. The van der Waals surface area contributed by atoms with E-state index in [9.17, 15) is 9.59 Å². The van der Waals surface area contributed by atoms with E-state index in [1.807, 2.05) is 20.8 Å². The van der Waals surface area contributed by atoms with E-state index < -0.39 is 0 Å². The van der Waals surface area contributed by atoms with Crippen molar-refractivity contribution in [3.63, 3.8) is 0 Å². The molecular formula is C14H21N3O2. The van der Waals surface area contributed by atoms with Crippen LogP contribution in [0.25, 0.3) is 0 Å². The molecule has 0 aliphatic carbocycles. The van der Waals surface area contributed by atoms with Crippen molar-refractivity contribution in [1.82, 2.24) is 10.6 Å². The molecule has 0 heterocycles. The summed E-state index contributed by atoms with van der Waals surface area (Å²) >= 11 is 0. The molecule has 0 aliphatic rings. The lowest BCUT2D eigenvalue weighted by atomic mass is 10.1. The van der Waals surface area contributed by atoms with Gasteiger partial charge in [0.2, 0.25) is 0 Å². The molecule has 104 valence electrons. The van der Waals surface area contributed by atoms with E-state index >= 15 is 0 Å². The van der Waals surface area contributed by atoms with Crippen LogP contribution >= 0.6 is 0 Å². The molecule has 0 saturated heterocycles. The van der Waals surface area contributed by atoms with Gasteiger partial charge in [-0.3, -0.25) is 4.79 Å².